The zero-order chi connectivity index (χ0) is 16.1. The van der Waals surface area contributed by atoms with Gasteiger partial charge in [0.1, 0.15) is 11.6 Å². The molecule has 0 aliphatic heterocycles. The number of aliphatic carboxylic acids is 1. The number of hydrogen-bond donors (Lipinski definition) is 3. The summed E-state index contributed by atoms with van der Waals surface area (Å²) in [5, 5.41) is 23.6. The highest BCUT2D eigenvalue weighted by atomic mass is 16.4. The molecule has 0 spiro atoms. The van der Waals surface area contributed by atoms with Gasteiger partial charge in [0.2, 0.25) is 0 Å². The van der Waals surface area contributed by atoms with Crippen molar-refractivity contribution in [1.29, 1.82) is 0 Å². The lowest BCUT2D eigenvalue weighted by Gasteiger charge is -2.19. The topological polar surface area (TPSA) is 103 Å². The van der Waals surface area contributed by atoms with Crippen molar-refractivity contribution in [3.63, 3.8) is 0 Å². The number of benzene rings is 1. The van der Waals surface area contributed by atoms with Gasteiger partial charge in [-0.15, -0.1) is 0 Å². The predicted molar refractivity (Wildman–Crippen MR) is 80.4 cm³/mol. The zero-order valence-corrected chi connectivity index (χ0v) is 12.7. The van der Waals surface area contributed by atoms with Crippen LogP contribution in [0, 0.1) is 0 Å². The number of carbonyl (C=O) groups excluding carboxylic acids is 1. The molecule has 0 unspecified atom stereocenters. The van der Waals surface area contributed by atoms with Crippen LogP contribution in [0.4, 0.5) is 5.82 Å². The lowest BCUT2D eigenvalue weighted by Crippen LogP contribution is -3.06. The summed E-state index contributed by atoms with van der Waals surface area (Å²) in [6, 6.07) is 6.14. The minimum Gasteiger partial charge on any atom is -0.548 e. The first-order valence-electron chi connectivity index (χ1n) is 7.14. The lowest BCUT2D eigenvalue weighted by molar-refractivity contribution is -0.858. The van der Waals surface area contributed by atoms with Crippen molar-refractivity contribution in [2.75, 3.05) is 32.6 Å². The van der Waals surface area contributed by atoms with Crippen LogP contribution in [0.25, 0.3) is 10.9 Å². The van der Waals surface area contributed by atoms with Gasteiger partial charge in [0, 0.05) is 5.39 Å². The van der Waals surface area contributed by atoms with Crippen molar-refractivity contribution in [3.8, 4) is 0 Å². The van der Waals surface area contributed by atoms with Gasteiger partial charge >= 0.3 is 0 Å². The number of carboxylic acid groups (broad SMARTS) is 1. The van der Waals surface area contributed by atoms with Gasteiger partial charge in [-0.25, -0.2) is 9.97 Å². The summed E-state index contributed by atoms with van der Waals surface area (Å²) in [5.74, 6) is -0.334. The van der Waals surface area contributed by atoms with Gasteiger partial charge in [0.05, 0.1) is 51.2 Å². The second-order valence-electron chi connectivity index (χ2n) is 5.41. The minimum absolute atomic E-state index is 0.401. The molecule has 0 saturated carbocycles. The number of nitrogens with one attached hydrogen (secondary N) is 2. The smallest absolute Gasteiger partial charge is 0.138 e. The number of fused-ring (bicyclic) bond motifs is 1. The number of likely N-dealkylation sites (N-methyl/N-ethyl adjacent to an activating group) is 1. The van der Waals surface area contributed by atoms with E-state index in [9.17, 15) is 9.90 Å². The Morgan fingerprint density at radius 1 is 1.36 bits per heavy atom. The van der Waals surface area contributed by atoms with Crippen molar-refractivity contribution in [2.24, 2.45) is 0 Å². The molecule has 0 saturated heterocycles. The van der Waals surface area contributed by atoms with Crippen LogP contribution in [-0.4, -0.2) is 54.3 Å². The highest BCUT2D eigenvalue weighted by Crippen LogP contribution is 2.20. The van der Waals surface area contributed by atoms with E-state index >= 15 is 0 Å². The molecule has 1 aromatic heterocycles. The van der Waals surface area contributed by atoms with Gasteiger partial charge in [-0.05, 0) is 12.1 Å². The largest absolute Gasteiger partial charge is 0.548 e. The van der Waals surface area contributed by atoms with E-state index in [0.29, 0.717) is 23.4 Å². The van der Waals surface area contributed by atoms with Crippen molar-refractivity contribution < 1.29 is 19.9 Å². The molecule has 7 heteroatoms. The second-order valence-corrected chi connectivity index (χ2v) is 5.41. The molecular weight excluding hydrogens is 284 g/mol. The molecule has 7 nitrogen and oxygen atoms in total. The number of aliphatic hydroxyl groups excluding tert-OH is 1. The minimum atomic E-state index is -1.37. The fraction of sp³-hybridized carbons (Fsp3) is 0.400. The summed E-state index contributed by atoms with van der Waals surface area (Å²) < 4.78 is 0. The standard InChI is InChI=1S/C15H20N4O3/c1-19(2)8-7-13-16-11-6-4-3-5-10(11)14(18-13)17-12(9-20)15(21)22/h3-6,12,20H,7-9H2,1-2H3,(H,21,22)(H,16,17,18)/t12-/m0/s1. The van der Waals surface area contributed by atoms with Crippen LogP contribution >= 0.6 is 0 Å². The number of carbonyl (C=O) groups is 1. The summed E-state index contributed by atoms with van der Waals surface area (Å²) in [7, 11) is 4.08. The molecule has 1 aromatic carbocycles. The fourth-order valence-electron chi connectivity index (χ4n) is 2.05. The summed E-state index contributed by atoms with van der Waals surface area (Å²) in [5.41, 5.74) is 0.735. The third-order valence-electron chi connectivity index (χ3n) is 3.28. The van der Waals surface area contributed by atoms with Gasteiger partial charge in [-0.1, -0.05) is 12.1 Å². The average molecular weight is 304 g/mol. The Morgan fingerprint density at radius 2 is 2.09 bits per heavy atom. The predicted octanol–water partition coefficient (Wildman–Crippen LogP) is -2.16. The Morgan fingerprint density at radius 3 is 2.73 bits per heavy atom. The normalized spacial score (nSPS) is 12.5. The van der Waals surface area contributed by atoms with E-state index in [2.05, 4.69) is 15.3 Å². The number of para-hydroxylation sites is 1. The number of anilines is 1. The Balaban J connectivity index is 2.38. The van der Waals surface area contributed by atoms with Crippen LogP contribution in [0.5, 0.6) is 0 Å². The molecule has 118 valence electrons. The Kier molecular flexibility index (Phi) is 5.24. The number of aromatic nitrogens is 2. The maximum Gasteiger partial charge on any atom is 0.138 e. The molecule has 0 radical (unpaired) electrons. The van der Waals surface area contributed by atoms with Gasteiger partial charge < -0.3 is 25.2 Å². The van der Waals surface area contributed by atoms with E-state index in [4.69, 9.17) is 5.11 Å². The molecule has 2 aromatic rings. The molecule has 0 aliphatic carbocycles. The van der Waals surface area contributed by atoms with E-state index in [-0.39, 0.29) is 0 Å². The van der Waals surface area contributed by atoms with Crippen molar-refractivity contribution in [2.45, 2.75) is 12.5 Å². The highest BCUT2D eigenvalue weighted by Gasteiger charge is 2.13. The third-order valence-corrected chi connectivity index (χ3v) is 3.28. The van der Waals surface area contributed by atoms with Crippen molar-refractivity contribution in [1.82, 2.24) is 9.97 Å². The SMILES string of the molecule is C[NH+](C)CCc1nc(N[C@@H](CO)C(=O)[O-])c2ccccc2n1. The second kappa shape index (κ2) is 7.15. The molecule has 0 fully saturated rings. The Labute approximate surface area is 128 Å². The maximum absolute atomic E-state index is 11.0. The molecule has 1 atom stereocenters. The van der Waals surface area contributed by atoms with E-state index in [1.54, 1.807) is 0 Å². The van der Waals surface area contributed by atoms with Gasteiger partial charge in [-0.3, -0.25) is 0 Å². The number of quaternary nitrogens is 1. The average Bonchev–Trinajstić information content (AvgIpc) is 2.50. The molecule has 0 bridgehead atoms. The van der Waals surface area contributed by atoms with Crippen molar-refractivity contribution >= 4 is 22.7 Å². The molecule has 0 aliphatic rings. The quantitative estimate of drug-likeness (QED) is 0.538. The van der Waals surface area contributed by atoms with Crippen LogP contribution in [0.2, 0.25) is 0 Å². The Hall–Kier alpha value is -2.25. The first-order valence-corrected chi connectivity index (χ1v) is 7.14. The van der Waals surface area contributed by atoms with E-state index < -0.39 is 18.6 Å². The lowest BCUT2D eigenvalue weighted by atomic mass is 10.2. The van der Waals surface area contributed by atoms with E-state index in [1.807, 2.05) is 38.4 Å². The number of hydrogen-bond acceptors (Lipinski definition) is 6. The fourth-order valence-corrected chi connectivity index (χ4v) is 2.05. The first-order chi connectivity index (χ1) is 10.5. The van der Waals surface area contributed by atoms with Gasteiger partial charge in [0.15, 0.2) is 0 Å². The number of nitrogens with zero attached hydrogens (tertiary/aromatic N) is 2. The van der Waals surface area contributed by atoms with Gasteiger partial charge in [-0.2, -0.15) is 0 Å². The number of aliphatic hydroxyl groups is 1. The van der Waals surface area contributed by atoms with E-state index in [1.165, 1.54) is 4.90 Å². The van der Waals surface area contributed by atoms with Crippen LogP contribution in [0.1, 0.15) is 5.82 Å². The monoisotopic (exact) mass is 304 g/mol. The number of rotatable bonds is 7. The summed E-state index contributed by atoms with van der Waals surface area (Å²) in [6.45, 7) is 0.291. The molecule has 0 amide bonds. The summed E-state index contributed by atoms with van der Waals surface area (Å²) in [4.78, 5) is 21.2. The highest BCUT2D eigenvalue weighted by molar-refractivity contribution is 5.90. The van der Waals surface area contributed by atoms with Crippen LogP contribution < -0.4 is 15.3 Å². The van der Waals surface area contributed by atoms with Crippen LogP contribution in [0.15, 0.2) is 24.3 Å². The summed E-state index contributed by atoms with van der Waals surface area (Å²) >= 11 is 0. The van der Waals surface area contributed by atoms with Crippen LogP contribution in [-0.2, 0) is 11.2 Å². The van der Waals surface area contributed by atoms with E-state index in [0.717, 1.165) is 12.1 Å². The number of carboxylic acids is 1. The zero-order valence-electron chi connectivity index (χ0n) is 12.7. The third kappa shape index (κ3) is 3.90. The molecule has 22 heavy (non-hydrogen) atoms. The maximum atomic E-state index is 11.0. The summed E-state index contributed by atoms with van der Waals surface area (Å²) in [6.07, 6.45) is 0.678. The van der Waals surface area contributed by atoms with Crippen LogP contribution in [0.3, 0.4) is 0 Å². The molecular formula is C15H20N4O3. The molecule has 1 heterocycles. The Bertz CT molecular complexity index is 660. The van der Waals surface area contributed by atoms with Crippen molar-refractivity contribution in [3.05, 3.63) is 30.1 Å². The molecule has 3 N–H and O–H groups in total. The molecule has 2 rings (SSSR count). The van der Waals surface area contributed by atoms with Gasteiger partial charge in [0.25, 0.3) is 0 Å². The first kappa shape index (κ1) is 16.1.